The highest BCUT2D eigenvalue weighted by Crippen LogP contribution is 2.50. The van der Waals surface area contributed by atoms with Gasteiger partial charge in [-0.05, 0) is 19.8 Å². The van der Waals surface area contributed by atoms with E-state index in [9.17, 15) is 14.2 Å². The largest absolute Gasteiger partial charge is 0.371 e. The normalized spacial score (nSPS) is 29.4. The smallest absolute Gasteiger partial charge is 0.331 e. The van der Waals surface area contributed by atoms with Crippen molar-refractivity contribution in [3.05, 3.63) is 0 Å². The minimum Gasteiger partial charge on any atom is -0.371 e. The molecule has 9 nitrogen and oxygen atoms in total. The Bertz CT molecular complexity index is 583. The van der Waals surface area contributed by atoms with Gasteiger partial charge in [0.25, 0.3) is 5.91 Å². The van der Waals surface area contributed by atoms with Crippen molar-refractivity contribution in [3.63, 3.8) is 0 Å². The Morgan fingerprint density at radius 3 is 2.15 bits per heavy atom. The van der Waals surface area contributed by atoms with Crippen LogP contribution in [0, 0.1) is 5.92 Å². The molecule has 148 valence electrons. The fraction of sp³-hybridized carbons (Fsp3) is 0.875. The second-order valence-electron chi connectivity index (χ2n) is 6.85. The molecule has 0 saturated carbocycles. The van der Waals surface area contributed by atoms with Crippen molar-refractivity contribution in [3.8, 4) is 0 Å². The third-order valence-electron chi connectivity index (χ3n) is 4.62. The van der Waals surface area contributed by atoms with Crippen molar-refractivity contribution in [2.75, 3.05) is 45.7 Å². The first-order valence-electron chi connectivity index (χ1n) is 9.11. The summed E-state index contributed by atoms with van der Waals surface area (Å²) in [6.07, 6.45) is -0.0353. The number of hydrogen-bond acceptors (Lipinski definition) is 7. The summed E-state index contributed by atoms with van der Waals surface area (Å²) in [5.74, 6) is -0.655. The SMILES string of the molecule is CCOP(=O)(CC(C)C1C(=O)N(CC2CO2)C(=O)N1CC1CO1)OCC. The number of carbonyl (C=O) groups excluding carboxylic acids is 2. The molecule has 10 heteroatoms. The molecule has 3 aliphatic heterocycles. The predicted molar refractivity (Wildman–Crippen MR) is 92.0 cm³/mol. The second kappa shape index (κ2) is 7.94. The molecular weight excluding hydrogens is 363 g/mol. The quantitative estimate of drug-likeness (QED) is 0.298. The van der Waals surface area contributed by atoms with Crippen molar-refractivity contribution in [1.82, 2.24) is 9.80 Å². The number of nitrogens with zero attached hydrogens (tertiary/aromatic N) is 2. The number of amides is 3. The molecular formula is C16H27N2O7P. The highest BCUT2D eigenvalue weighted by Gasteiger charge is 2.51. The molecule has 3 fully saturated rings. The van der Waals surface area contributed by atoms with Gasteiger partial charge in [0, 0.05) is 0 Å². The molecule has 0 spiro atoms. The molecule has 0 aliphatic carbocycles. The maximum absolute atomic E-state index is 12.9. The third kappa shape index (κ3) is 4.46. The van der Waals surface area contributed by atoms with E-state index in [1.165, 1.54) is 9.80 Å². The second-order valence-corrected chi connectivity index (χ2v) is 8.95. The maximum atomic E-state index is 12.9. The summed E-state index contributed by atoms with van der Waals surface area (Å²) < 4.78 is 34.0. The Morgan fingerprint density at radius 1 is 1.12 bits per heavy atom. The molecule has 3 heterocycles. The zero-order chi connectivity index (χ0) is 18.9. The average Bonchev–Trinajstić information content (AvgIpc) is 3.46. The highest BCUT2D eigenvalue weighted by atomic mass is 31.2. The molecule has 0 radical (unpaired) electrons. The summed E-state index contributed by atoms with van der Waals surface area (Å²) in [4.78, 5) is 28.5. The Labute approximate surface area is 153 Å². The van der Waals surface area contributed by atoms with Crippen molar-refractivity contribution < 1.29 is 32.7 Å². The van der Waals surface area contributed by atoms with E-state index >= 15 is 0 Å². The number of epoxide rings is 2. The Kier molecular flexibility index (Phi) is 6.04. The van der Waals surface area contributed by atoms with Crippen LogP contribution in [0.3, 0.4) is 0 Å². The van der Waals surface area contributed by atoms with E-state index in [1.54, 1.807) is 20.8 Å². The van der Waals surface area contributed by atoms with Gasteiger partial charge in [0.15, 0.2) is 0 Å². The van der Waals surface area contributed by atoms with Crippen LogP contribution in [0.5, 0.6) is 0 Å². The molecule has 0 bridgehead atoms. The number of imide groups is 1. The summed E-state index contributed by atoms with van der Waals surface area (Å²) in [5, 5.41) is 0. The van der Waals surface area contributed by atoms with Gasteiger partial charge < -0.3 is 23.4 Å². The first kappa shape index (κ1) is 19.8. The summed E-state index contributed by atoms with van der Waals surface area (Å²) in [7, 11) is -3.32. The average molecular weight is 390 g/mol. The number of rotatable bonds is 11. The third-order valence-corrected chi connectivity index (χ3v) is 6.95. The molecule has 3 amide bonds. The standard InChI is InChI=1S/C16H27N2O7P/c1-4-24-26(21,25-5-2)10-11(3)14-15(19)18(7-13-9-23-13)16(20)17(14)6-12-8-22-12/h11-14H,4-10H2,1-3H3. The van der Waals surface area contributed by atoms with Crippen molar-refractivity contribution >= 4 is 19.5 Å². The van der Waals surface area contributed by atoms with Crippen LogP contribution in [0.1, 0.15) is 20.8 Å². The number of urea groups is 1. The summed E-state index contributed by atoms with van der Waals surface area (Å²) in [5.41, 5.74) is 0. The molecule has 0 aromatic rings. The van der Waals surface area contributed by atoms with E-state index in [2.05, 4.69) is 0 Å². The first-order valence-corrected chi connectivity index (χ1v) is 10.8. The van der Waals surface area contributed by atoms with Crippen LogP contribution in [0.15, 0.2) is 0 Å². The predicted octanol–water partition coefficient (Wildman–Crippen LogP) is 1.32. The van der Waals surface area contributed by atoms with Crippen LogP contribution in [-0.4, -0.2) is 85.7 Å². The van der Waals surface area contributed by atoms with Crippen molar-refractivity contribution in [1.29, 1.82) is 0 Å². The molecule has 0 N–H and O–H groups in total. The van der Waals surface area contributed by atoms with E-state index in [4.69, 9.17) is 18.5 Å². The fourth-order valence-electron chi connectivity index (χ4n) is 3.33. The molecule has 3 saturated heterocycles. The Hall–Kier alpha value is -0.990. The van der Waals surface area contributed by atoms with Gasteiger partial charge in [-0.1, -0.05) is 6.92 Å². The van der Waals surface area contributed by atoms with Gasteiger partial charge in [-0.3, -0.25) is 14.3 Å². The highest BCUT2D eigenvalue weighted by molar-refractivity contribution is 7.53. The van der Waals surface area contributed by atoms with Gasteiger partial charge in [-0.25, -0.2) is 4.79 Å². The molecule has 0 aromatic heterocycles. The number of ether oxygens (including phenoxy) is 2. The van der Waals surface area contributed by atoms with Crippen LogP contribution >= 0.6 is 7.60 Å². The van der Waals surface area contributed by atoms with Crippen LogP contribution in [0.2, 0.25) is 0 Å². The van der Waals surface area contributed by atoms with Crippen LogP contribution in [0.25, 0.3) is 0 Å². The molecule has 4 atom stereocenters. The fourth-order valence-corrected chi connectivity index (χ4v) is 5.31. The number of carbonyl (C=O) groups is 2. The molecule has 3 rings (SSSR count). The van der Waals surface area contributed by atoms with E-state index in [0.29, 0.717) is 19.8 Å². The van der Waals surface area contributed by atoms with Crippen molar-refractivity contribution in [2.24, 2.45) is 5.92 Å². The van der Waals surface area contributed by atoms with Gasteiger partial charge in [0.1, 0.15) is 6.04 Å². The summed E-state index contributed by atoms with van der Waals surface area (Å²) >= 11 is 0. The molecule has 0 aromatic carbocycles. The molecule has 4 unspecified atom stereocenters. The van der Waals surface area contributed by atoms with Crippen molar-refractivity contribution in [2.45, 2.75) is 39.0 Å². The lowest BCUT2D eigenvalue weighted by atomic mass is 10.0. The lowest BCUT2D eigenvalue weighted by molar-refractivity contribution is -0.129. The maximum Gasteiger partial charge on any atom is 0.331 e. The van der Waals surface area contributed by atoms with E-state index in [0.717, 1.165) is 0 Å². The van der Waals surface area contributed by atoms with Gasteiger partial charge in [-0.15, -0.1) is 0 Å². The van der Waals surface area contributed by atoms with Gasteiger partial charge >= 0.3 is 13.6 Å². The zero-order valence-electron chi connectivity index (χ0n) is 15.5. The summed E-state index contributed by atoms with van der Waals surface area (Å²) in [6.45, 7) is 7.57. The monoisotopic (exact) mass is 390 g/mol. The molecule has 3 aliphatic rings. The Balaban J connectivity index is 1.75. The van der Waals surface area contributed by atoms with Gasteiger partial charge in [0.05, 0.1) is 57.9 Å². The summed E-state index contributed by atoms with van der Waals surface area (Å²) in [6, 6.07) is -1.03. The first-order chi connectivity index (χ1) is 12.4. The zero-order valence-corrected chi connectivity index (χ0v) is 16.4. The van der Waals surface area contributed by atoms with E-state index < -0.39 is 13.6 Å². The van der Waals surface area contributed by atoms with Gasteiger partial charge in [0.2, 0.25) is 0 Å². The van der Waals surface area contributed by atoms with Crippen LogP contribution < -0.4 is 0 Å². The minimum atomic E-state index is -3.32. The Morgan fingerprint density at radius 2 is 1.65 bits per heavy atom. The van der Waals surface area contributed by atoms with E-state index in [-0.39, 0.29) is 56.0 Å². The lowest BCUT2D eigenvalue weighted by Gasteiger charge is -2.28. The van der Waals surface area contributed by atoms with Gasteiger partial charge in [-0.2, -0.15) is 0 Å². The number of hydrogen-bond donors (Lipinski definition) is 0. The molecule has 26 heavy (non-hydrogen) atoms. The van der Waals surface area contributed by atoms with Crippen LogP contribution in [0.4, 0.5) is 4.79 Å². The topological polar surface area (TPSA) is 101 Å². The van der Waals surface area contributed by atoms with Crippen LogP contribution in [-0.2, 0) is 27.9 Å². The minimum absolute atomic E-state index is 0.0378. The van der Waals surface area contributed by atoms with E-state index in [1.807, 2.05) is 0 Å². The lowest BCUT2D eigenvalue weighted by Crippen LogP contribution is -2.43.